The van der Waals surface area contributed by atoms with Crippen molar-refractivity contribution in [3.05, 3.63) is 29.6 Å². The third-order valence-corrected chi connectivity index (χ3v) is 3.65. The summed E-state index contributed by atoms with van der Waals surface area (Å²) in [7, 11) is 0. The zero-order valence-corrected chi connectivity index (χ0v) is 10.5. The first-order chi connectivity index (χ1) is 8.25. The molecule has 0 amide bonds. The highest BCUT2D eigenvalue weighted by Gasteiger charge is 2.13. The van der Waals surface area contributed by atoms with Gasteiger partial charge in [-0.05, 0) is 43.0 Å². The highest BCUT2D eigenvalue weighted by molar-refractivity contribution is 5.28. The van der Waals surface area contributed by atoms with Crippen molar-refractivity contribution >= 4 is 0 Å². The third-order valence-electron chi connectivity index (χ3n) is 3.65. The summed E-state index contributed by atoms with van der Waals surface area (Å²) >= 11 is 0. The van der Waals surface area contributed by atoms with Crippen LogP contribution in [0.2, 0.25) is 0 Å². The van der Waals surface area contributed by atoms with E-state index < -0.39 is 0 Å². The molecule has 0 spiro atoms. The Balaban J connectivity index is 1.75. The van der Waals surface area contributed by atoms with Crippen molar-refractivity contribution in [2.75, 3.05) is 6.61 Å². The van der Waals surface area contributed by atoms with Gasteiger partial charge in [0.1, 0.15) is 11.6 Å². The average molecular weight is 236 g/mol. The van der Waals surface area contributed by atoms with Crippen molar-refractivity contribution < 1.29 is 9.13 Å². The summed E-state index contributed by atoms with van der Waals surface area (Å²) < 4.78 is 18.7. The van der Waals surface area contributed by atoms with Crippen molar-refractivity contribution in [1.82, 2.24) is 0 Å². The molecule has 0 bridgehead atoms. The van der Waals surface area contributed by atoms with Gasteiger partial charge in [0.2, 0.25) is 0 Å². The van der Waals surface area contributed by atoms with E-state index in [1.807, 2.05) is 0 Å². The van der Waals surface area contributed by atoms with Gasteiger partial charge in [-0.2, -0.15) is 0 Å². The predicted octanol–water partition coefficient (Wildman–Crippen LogP) is 4.48. The van der Waals surface area contributed by atoms with Gasteiger partial charge in [0.25, 0.3) is 0 Å². The fraction of sp³-hybridized carbons (Fsp3) is 0.600. The molecule has 1 nitrogen and oxygen atoms in total. The molecule has 0 aromatic heterocycles. The Bertz CT molecular complexity index is 356. The van der Waals surface area contributed by atoms with Crippen LogP contribution in [0.1, 0.15) is 44.1 Å². The highest BCUT2D eigenvalue weighted by Crippen LogP contribution is 2.26. The number of ether oxygens (including phenoxy) is 1. The van der Waals surface area contributed by atoms with Crippen molar-refractivity contribution in [2.24, 2.45) is 5.92 Å². The van der Waals surface area contributed by atoms with E-state index in [2.05, 4.69) is 0 Å². The van der Waals surface area contributed by atoms with E-state index in [0.717, 1.165) is 24.7 Å². The van der Waals surface area contributed by atoms with Gasteiger partial charge in [-0.1, -0.05) is 32.1 Å². The first-order valence-corrected chi connectivity index (χ1v) is 6.64. The summed E-state index contributed by atoms with van der Waals surface area (Å²) in [6.07, 6.45) is 7.99. The molecule has 2 heteroatoms. The molecule has 2 rings (SSSR count). The van der Waals surface area contributed by atoms with Crippen LogP contribution in [-0.2, 0) is 0 Å². The van der Waals surface area contributed by atoms with Gasteiger partial charge in [-0.15, -0.1) is 0 Å². The zero-order valence-electron chi connectivity index (χ0n) is 10.5. The number of hydrogen-bond acceptors (Lipinski definition) is 1. The molecule has 0 atom stereocenters. The number of rotatable bonds is 4. The van der Waals surface area contributed by atoms with E-state index in [-0.39, 0.29) is 5.82 Å². The molecule has 1 saturated carbocycles. The summed E-state index contributed by atoms with van der Waals surface area (Å²) in [6, 6.07) is 4.96. The number of halogens is 1. The summed E-state index contributed by atoms with van der Waals surface area (Å²) in [5, 5.41) is 0. The Kier molecular flexibility index (Phi) is 4.41. The number of benzene rings is 1. The molecule has 1 aliphatic carbocycles. The quantitative estimate of drug-likeness (QED) is 0.748. The van der Waals surface area contributed by atoms with Crippen LogP contribution in [0.15, 0.2) is 18.2 Å². The van der Waals surface area contributed by atoms with E-state index in [4.69, 9.17) is 4.74 Å². The minimum atomic E-state index is -0.162. The highest BCUT2D eigenvalue weighted by atomic mass is 19.1. The van der Waals surface area contributed by atoms with E-state index >= 15 is 0 Å². The monoisotopic (exact) mass is 236 g/mol. The third kappa shape index (κ3) is 3.72. The van der Waals surface area contributed by atoms with E-state index in [1.165, 1.54) is 38.2 Å². The molecular formula is C15H21FO. The molecule has 1 aromatic rings. The van der Waals surface area contributed by atoms with E-state index in [0.29, 0.717) is 5.56 Å². The largest absolute Gasteiger partial charge is 0.494 e. The van der Waals surface area contributed by atoms with Gasteiger partial charge in [0.15, 0.2) is 0 Å². The Labute approximate surface area is 103 Å². The van der Waals surface area contributed by atoms with Gasteiger partial charge in [-0.25, -0.2) is 4.39 Å². The minimum Gasteiger partial charge on any atom is -0.494 e. The Morgan fingerprint density at radius 2 is 2.00 bits per heavy atom. The topological polar surface area (TPSA) is 9.23 Å². The van der Waals surface area contributed by atoms with Crippen molar-refractivity contribution in [3.8, 4) is 5.75 Å². The minimum absolute atomic E-state index is 0.162. The van der Waals surface area contributed by atoms with Crippen LogP contribution in [0.5, 0.6) is 5.75 Å². The maximum atomic E-state index is 13.1. The number of hydrogen-bond donors (Lipinski definition) is 0. The van der Waals surface area contributed by atoms with E-state index in [1.54, 1.807) is 19.1 Å². The van der Waals surface area contributed by atoms with Crippen LogP contribution in [0.3, 0.4) is 0 Å². The average Bonchev–Trinajstić information content (AvgIpc) is 2.35. The fourth-order valence-corrected chi connectivity index (χ4v) is 2.53. The molecule has 0 N–H and O–H groups in total. The fourth-order valence-electron chi connectivity index (χ4n) is 2.53. The smallest absolute Gasteiger partial charge is 0.126 e. The molecule has 1 aliphatic rings. The standard InChI is InChI=1S/C15H21FO/c1-12-11-14(7-8-15(12)16)17-10-9-13-5-3-2-4-6-13/h7-8,11,13H,2-6,9-10H2,1H3. The van der Waals surface area contributed by atoms with E-state index in [9.17, 15) is 4.39 Å². The van der Waals surface area contributed by atoms with Crippen LogP contribution in [-0.4, -0.2) is 6.61 Å². The van der Waals surface area contributed by atoms with Crippen LogP contribution in [0.4, 0.5) is 4.39 Å². The summed E-state index contributed by atoms with van der Waals surface area (Å²) in [4.78, 5) is 0. The van der Waals surface area contributed by atoms with Crippen molar-refractivity contribution in [2.45, 2.75) is 45.4 Å². The van der Waals surface area contributed by atoms with Gasteiger partial charge < -0.3 is 4.74 Å². The lowest BCUT2D eigenvalue weighted by Crippen LogP contribution is -2.10. The molecule has 0 aliphatic heterocycles. The second-order valence-electron chi connectivity index (χ2n) is 5.05. The van der Waals surface area contributed by atoms with Crippen LogP contribution in [0, 0.1) is 18.7 Å². The summed E-state index contributed by atoms with van der Waals surface area (Å²) in [5.41, 5.74) is 0.653. The Hall–Kier alpha value is -1.05. The molecule has 1 aromatic carbocycles. The molecular weight excluding hydrogens is 215 g/mol. The molecule has 0 saturated heterocycles. The van der Waals surface area contributed by atoms with Crippen LogP contribution < -0.4 is 4.74 Å². The molecule has 17 heavy (non-hydrogen) atoms. The Morgan fingerprint density at radius 3 is 2.71 bits per heavy atom. The predicted molar refractivity (Wildman–Crippen MR) is 67.8 cm³/mol. The van der Waals surface area contributed by atoms with Crippen molar-refractivity contribution in [1.29, 1.82) is 0 Å². The lowest BCUT2D eigenvalue weighted by Gasteiger charge is -2.21. The lowest BCUT2D eigenvalue weighted by molar-refractivity contribution is 0.246. The maximum Gasteiger partial charge on any atom is 0.126 e. The maximum absolute atomic E-state index is 13.1. The van der Waals surface area contributed by atoms with Crippen LogP contribution in [0.25, 0.3) is 0 Å². The summed E-state index contributed by atoms with van der Waals surface area (Å²) in [6.45, 7) is 2.53. The SMILES string of the molecule is Cc1cc(OCCC2CCCCC2)ccc1F. The molecule has 0 unspecified atom stereocenters. The Morgan fingerprint density at radius 1 is 1.24 bits per heavy atom. The first-order valence-electron chi connectivity index (χ1n) is 6.64. The molecule has 1 fully saturated rings. The van der Waals surface area contributed by atoms with Crippen LogP contribution >= 0.6 is 0 Å². The second kappa shape index (κ2) is 6.04. The molecule has 0 radical (unpaired) electrons. The normalized spacial score (nSPS) is 17.1. The second-order valence-corrected chi connectivity index (χ2v) is 5.05. The lowest BCUT2D eigenvalue weighted by atomic mass is 9.87. The summed E-state index contributed by atoms with van der Waals surface area (Å²) in [5.74, 6) is 1.47. The van der Waals surface area contributed by atoms with Gasteiger partial charge in [-0.3, -0.25) is 0 Å². The van der Waals surface area contributed by atoms with Gasteiger partial charge in [0.05, 0.1) is 6.61 Å². The molecule has 94 valence electrons. The van der Waals surface area contributed by atoms with Gasteiger partial charge >= 0.3 is 0 Å². The first kappa shape index (κ1) is 12.4. The molecule has 0 heterocycles. The van der Waals surface area contributed by atoms with Crippen molar-refractivity contribution in [3.63, 3.8) is 0 Å². The zero-order chi connectivity index (χ0) is 12.1. The van der Waals surface area contributed by atoms with Gasteiger partial charge in [0, 0.05) is 0 Å². The number of aryl methyl sites for hydroxylation is 1.